The van der Waals surface area contributed by atoms with Crippen LogP contribution in [0.3, 0.4) is 0 Å². The SMILES string of the molecule is COc1ccc(C)cc1NC(=O)COc1ncnc2sc3c(c12)CCC3. The Bertz CT molecular complexity index is 984. The number of carbonyl (C=O) groups excluding carboxylic acids is 1. The summed E-state index contributed by atoms with van der Waals surface area (Å²) in [4.78, 5) is 23.2. The summed E-state index contributed by atoms with van der Waals surface area (Å²) in [5.41, 5.74) is 2.94. The molecule has 1 N–H and O–H groups in total. The molecule has 0 aliphatic heterocycles. The molecule has 3 aromatic rings. The molecule has 7 heteroatoms. The fourth-order valence-corrected chi connectivity index (χ4v) is 4.47. The average Bonchev–Trinajstić information content (AvgIpc) is 3.21. The Hall–Kier alpha value is -2.67. The maximum atomic E-state index is 12.3. The van der Waals surface area contributed by atoms with E-state index in [0.717, 1.165) is 35.0 Å². The van der Waals surface area contributed by atoms with Gasteiger partial charge in [0.25, 0.3) is 5.91 Å². The van der Waals surface area contributed by atoms with Gasteiger partial charge in [-0.25, -0.2) is 9.97 Å². The number of nitrogens with zero attached hydrogens (tertiary/aromatic N) is 2. The van der Waals surface area contributed by atoms with E-state index < -0.39 is 0 Å². The topological polar surface area (TPSA) is 73.3 Å². The Morgan fingerprint density at radius 1 is 1.31 bits per heavy atom. The lowest BCUT2D eigenvalue weighted by Gasteiger charge is -2.11. The summed E-state index contributed by atoms with van der Waals surface area (Å²) < 4.78 is 11.0. The molecule has 0 saturated heterocycles. The second-order valence-electron chi connectivity index (χ2n) is 6.26. The minimum atomic E-state index is -0.257. The van der Waals surface area contributed by atoms with Gasteiger partial charge in [-0.1, -0.05) is 6.07 Å². The van der Waals surface area contributed by atoms with Crippen molar-refractivity contribution in [2.75, 3.05) is 19.0 Å². The van der Waals surface area contributed by atoms with E-state index >= 15 is 0 Å². The number of fused-ring (bicyclic) bond motifs is 3. The van der Waals surface area contributed by atoms with E-state index in [9.17, 15) is 4.79 Å². The molecule has 0 spiro atoms. The van der Waals surface area contributed by atoms with Crippen LogP contribution >= 0.6 is 11.3 Å². The average molecular weight is 369 g/mol. The Morgan fingerprint density at radius 2 is 2.19 bits per heavy atom. The summed E-state index contributed by atoms with van der Waals surface area (Å²) in [6.45, 7) is 1.84. The molecule has 1 aliphatic rings. The molecule has 1 aliphatic carbocycles. The van der Waals surface area contributed by atoms with Gasteiger partial charge < -0.3 is 14.8 Å². The van der Waals surface area contributed by atoms with Crippen molar-refractivity contribution in [3.63, 3.8) is 0 Å². The number of hydrogen-bond acceptors (Lipinski definition) is 6. The van der Waals surface area contributed by atoms with E-state index in [1.54, 1.807) is 18.4 Å². The van der Waals surface area contributed by atoms with Gasteiger partial charge in [0.15, 0.2) is 6.61 Å². The predicted octanol–water partition coefficient (Wildman–Crippen LogP) is 3.51. The van der Waals surface area contributed by atoms with Gasteiger partial charge in [0.1, 0.15) is 16.9 Å². The second kappa shape index (κ2) is 6.92. The van der Waals surface area contributed by atoms with Crippen molar-refractivity contribution < 1.29 is 14.3 Å². The van der Waals surface area contributed by atoms with Crippen molar-refractivity contribution in [2.24, 2.45) is 0 Å². The molecule has 0 fully saturated rings. The lowest BCUT2D eigenvalue weighted by atomic mass is 10.2. The largest absolute Gasteiger partial charge is 0.495 e. The molecule has 134 valence electrons. The predicted molar refractivity (Wildman–Crippen MR) is 101 cm³/mol. The first-order chi connectivity index (χ1) is 12.7. The Kier molecular flexibility index (Phi) is 4.46. The minimum absolute atomic E-state index is 0.117. The lowest BCUT2D eigenvalue weighted by Crippen LogP contribution is -2.21. The molecule has 0 unspecified atom stereocenters. The van der Waals surface area contributed by atoms with Gasteiger partial charge in [0.05, 0.1) is 18.2 Å². The highest BCUT2D eigenvalue weighted by Crippen LogP contribution is 2.39. The normalized spacial score (nSPS) is 12.8. The van der Waals surface area contributed by atoms with Crippen molar-refractivity contribution >= 4 is 33.1 Å². The van der Waals surface area contributed by atoms with Crippen molar-refractivity contribution in [3.8, 4) is 11.6 Å². The zero-order chi connectivity index (χ0) is 18.1. The highest BCUT2D eigenvalue weighted by molar-refractivity contribution is 7.18. The van der Waals surface area contributed by atoms with Crippen LogP contribution in [0.1, 0.15) is 22.4 Å². The van der Waals surface area contributed by atoms with Crippen molar-refractivity contribution in [3.05, 3.63) is 40.5 Å². The molecule has 0 bridgehead atoms. The first-order valence-corrected chi connectivity index (χ1v) is 9.30. The third kappa shape index (κ3) is 3.10. The standard InChI is InChI=1S/C19H19N3O3S/c1-11-6-7-14(24-2)13(8-11)22-16(23)9-25-18-17-12-4-3-5-15(12)26-19(17)21-10-20-18/h6-8,10H,3-5,9H2,1-2H3,(H,22,23). The Balaban J connectivity index is 1.50. The summed E-state index contributed by atoms with van der Waals surface area (Å²) in [6, 6.07) is 5.62. The summed E-state index contributed by atoms with van der Waals surface area (Å²) in [5, 5.41) is 3.80. The fourth-order valence-electron chi connectivity index (χ4n) is 3.25. The van der Waals surface area contributed by atoms with Gasteiger partial charge in [-0.3, -0.25) is 4.79 Å². The van der Waals surface area contributed by atoms with Gasteiger partial charge in [-0.15, -0.1) is 11.3 Å². The summed E-state index contributed by atoms with van der Waals surface area (Å²) in [7, 11) is 1.57. The van der Waals surface area contributed by atoms with E-state index in [2.05, 4.69) is 15.3 Å². The number of hydrogen-bond donors (Lipinski definition) is 1. The van der Waals surface area contributed by atoms with Gasteiger partial charge >= 0.3 is 0 Å². The maximum absolute atomic E-state index is 12.3. The van der Waals surface area contributed by atoms with Crippen LogP contribution in [0.5, 0.6) is 11.6 Å². The first kappa shape index (κ1) is 16.8. The highest BCUT2D eigenvalue weighted by Gasteiger charge is 2.22. The molecule has 0 atom stereocenters. The number of anilines is 1. The smallest absolute Gasteiger partial charge is 0.262 e. The number of amides is 1. The van der Waals surface area contributed by atoms with Crippen LogP contribution in [0.4, 0.5) is 5.69 Å². The molecule has 1 amide bonds. The fraction of sp³-hybridized carbons (Fsp3) is 0.316. The molecular weight excluding hydrogens is 350 g/mol. The quantitative estimate of drug-likeness (QED) is 0.745. The van der Waals surface area contributed by atoms with E-state index in [-0.39, 0.29) is 12.5 Å². The first-order valence-electron chi connectivity index (χ1n) is 8.48. The van der Waals surface area contributed by atoms with E-state index in [1.165, 1.54) is 16.8 Å². The van der Waals surface area contributed by atoms with Crippen LogP contribution in [0.25, 0.3) is 10.2 Å². The number of nitrogens with one attached hydrogen (secondary N) is 1. The van der Waals surface area contributed by atoms with Gasteiger partial charge in [0.2, 0.25) is 5.88 Å². The van der Waals surface area contributed by atoms with E-state index in [4.69, 9.17) is 9.47 Å². The summed E-state index contributed by atoms with van der Waals surface area (Å²) in [6.07, 6.45) is 4.75. The van der Waals surface area contributed by atoms with Crippen LogP contribution in [-0.2, 0) is 17.6 Å². The summed E-state index contributed by atoms with van der Waals surface area (Å²) in [5.74, 6) is 0.845. The Labute approximate surface area is 155 Å². The third-order valence-corrected chi connectivity index (χ3v) is 5.64. The number of aryl methyl sites for hydroxylation is 3. The zero-order valence-corrected chi connectivity index (χ0v) is 15.5. The van der Waals surface area contributed by atoms with E-state index in [1.807, 2.05) is 25.1 Å². The molecule has 2 heterocycles. The monoisotopic (exact) mass is 369 g/mol. The maximum Gasteiger partial charge on any atom is 0.262 e. The molecule has 2 aromatic heterocycles. The van der Waals surface area contributed by atoms with Crippen LogP contribution in [0, 0.1) is 6.92 Å². The molecule has 6 nitrogen and oxygen atoms in total. The third-order valence-electron chi connectivity index (χ3n) is 4.44. The number of thiophene rings is 1. The van der Waals surface area contributed by atoms with E-state index in [0.29, 0.717) is 17.3 Å². The summed E-state index contributed by atoms with van der Waals surface area (Å²) >= 11 is 1.70. The Morgan fingerprint density at radius 3 is 3.04 bits per heavy atom. The number of ether oxygens (including phenoxy) is 2. The van der Waals surface area contributed by atoms with Crippen molar-refractivity contribution in [1.82, 2.24) is 9.97 Å². The van der Waals surface area contributed by atoms with Crippen LogP contribution in [0.15, 0.2) is 24.5 Å². The molecule has 0 saturated carbocycles. The molecule has 26 heavy (non-hydrogen) atoms. The molecular formula is C19H19N3O3S. The van der Waals surface area contributed by atoms with Crippen LogP contribution in [-0.4, -0.2) is 29.6 Å². The number of benzene rings is 1. The zero-order valence-electron chi connectivity index (χ0n) is 14.7. The van der Waals surface area contributed by atoms with Gasteiger partial charge in [0, 0.05) is 4.88 Å². The number of carbonyl (C=O) groups is 1. The van der Waals surface area contributed by atoms with Crippen molar-refractivity contribution in [2.45, 2.75) is 26.2 Å². The minimum Gasteiger partial charge on any atom is -0.495 e. The molecule has 1 aromatic carbocycles. The number of rotatable bonds is 5. The van der Waals surface area contributed by atoms with Gasteiger partial charge in [-0.2, -0.15) is 0 Å². The highest BCUT2D eigenvalue weighted by atomic mass is 32.1. The lowest BCUT2D eigenvalue weighted by molar-refractivity contribution is -0.118. The van der Waals surface area contributed by atoms with Gasteiger partial charge in [-0.05, 0) is 49.4 Å². The van der Waals surface area contributed by atoms with Crippen LogP contribution < -0.4 is 14.8 Å². The second-order valence-corrected chi connectivity index (χ2v) is 7.34. The van der Waals surface area contributed by atoms with Crippen LogP contribution in [0.2, 0.25) is 0 Å². The van der Waals surface area contributed by atoms with Crippen molar-refractivity contribution in [1.29, 1.82) is 0 Å². The number of aromatic nitrogens is 2. The molecule has 0 radical (unpaired) electrons. The number of methoxy groups -OCH3 is 1. The molecule has 4 rings (SSSR count).